The van der Waals surface area contributed by atoms with Gasteiger partial charge in [0, 0.05) is 30.9 Å². The van der Waals surface area contributed by atoms with Crippen molar-refractivity contribution in [1.29, 1.82) is 0 Å². The maximum absolute atomic E-state index is 12.2. The summed E-state index contributed by atoms with van der Waals surface area (Å²) in [6, 6.07) is 5.83. The van der Waals surface area contributed by atoms with Crippen LogP contribution in [0.5, 0.6) is 0 Å². The number of benzene rings is 1. The summed E-state index contributed by atoms with van der Waals surface area (Å²) in [6.45, 7) is 3.78. The largest absolute Gasteiger partial charge is 0.396 e. The first-order valence-corrected chi connectivity index (χ1v) is 6.97. The van der Waals surface area contributed by atoms with Gasteiger partial charge in [-0.15, -0.1) is 0 Å². The Kier molecular flexibility index (Phi) is 4.80. The normalized spacial score (nSPS) is 15.3. The van der Waals surface area contributed by atoms with Gasteiger partial charge in [0.15, 0.2) is 0 Å². The number of nitrogens with one attached hydrogen (secondary N) is 2. The van der Waals surface area contributed by atoms with E-state index in [2.05, 4.69) is 10.6 Å². The highest BCUT2D eigenvalue weighted by Crippen LogP contribution is 2.25. The lowest BCUT2D eigenvalue weighted by Gasteiger charge is -2.21. The van der Waals surface area contributed by atoms with Crippen molar-refractivity contribution < 1.29 is 9.90 Å². The van der Waals surface area contributed by atoms with Crippen LogP contribution >= 0.6 is 0 Å². The van der Waals surface area contributed by atoms with Gasteiger partial charge in [-0.2, -0.15) is 0 Å². The number of rotatable bonds is 5. The van der Waals surface area contributed by atoms with Gasteiger partial charge in [-0.05, 0) is 42.9 Å². The third-order valence-corrected chi connectivity index (χ3v) is 3.57. The molecule has 4 heteroatoms. The van der Waals surface area contributed by atoms with Gasteiger partial charge in [-0.25, -0.2) is 0 Å². The maximum Gasteiger partial charge on any atom is 0.251 e. The van der Waals surface area contributed by atoms with Gasteiger partial charge in [-0.3, -0.25) is 4.79 Å². The number of fused-ring (bicyclic) bond motifs is 1. The SMILES string of the molecule is CC(CCO)CNC(=O)c1cccc2c1CCCN2. The molecule has 1 aromatic rings. The van der Waals surface area contributed by atoms with E-state index < -0.39 is 0 Å². The van der Waals surface area contributed by atoms with Crippen LogP contribution in [0.15, 0.2) is 18.2 Å². The summed E-state index contributed by atoms with van der Waals surface area (Å²) in [5.41, 5.74) is 2.99. The van der Waals surface area contributed by atoms with Crippen LogP contribution in [0, 0.1) is 5.92 Å². The number of aliphatic hydroxyl groups is 1. The highest BCUT2D eigenvalue weighted by molar-refractivity contribution is 5.97. The van der Waals surface area contributed by atoms with Crippen LogP contribution in [0.1, 0.15) is 35.7 Å². The summed E-state index contributed by atoms with van der Waals surface area (Å²) in [4.78, 5) is 12.2. The minimum Gasteiger partial charge on any atom is -0.396 e. The quantitative estimate of drug-likeness (QED) is 0.758. The minimum absolute atomic E-state index is 0.00894. The summed E-state index contributed by atoms with van der Waals surface area (Å²) in [5.74, 6) is 0.289. The number of anilines is 1. The fraction of sp³-hybridized carbons (Fsp3) is 0.533. The van der Waals surface area contributed by atoms with Crippen molar-refractivity contribution in [3.8, 4) is 0 Å². The zero-order valence-electron chi connectivity index (χ0n) is 11.4. The summed E-state index contributed by atoms with van der Waals surface area (Å²) in [5, 5.41) is 15.1. The lowest BCUT2D eigenvalue weighted by molar-refractivity contribution is 0.0944. The van der Waals surface area contributed by atoms with Gasteiger partial charge in [-0.1, -0.05) is 13.0 Å². The lowest BCUT2D eigenvalue weighted by atomic mass is 9.97. The third-order valence-electron chi connectivity index (χ3n) is 3.57. The number of hydrogen-bond acceptors (Lipinski definition) is 3. The summed E-state index contributed by atoms with van der Waals surface area (Å²) in [6.07, 6.45) is 2.74. The number of carbonyl (C=O) groups is 1. The summed E-state index contributed by atoms with van der Waals surface area (Å²) >= 11 is 0. The monoisotopic (exact) mass is 262 g/mol. The fourth-order valence-electron chi connectivity index (χ4n) is 2.41. The second-order valence-corrected chi connectivity index (χ2v) is 5.19. The molecule has 19 heavy (non-hydrogen) atoms. The molecule has 1 unspecified atom stereocenters. The van der Waals surface area contributed by atoms with Gasteiger partial charge in [0.2, 0.25) is 0 Å². The van der Waals surface area contributed by atoms with Crippen LogP contribution in [-0.2, 0) is 6.42 Å². The molecule has 1 atom stereocenters. The van der Waals surface area contributed by atoms with E-state index in [0.717, 1.165) is 36.2 Å². The molecule has 104 valence electrons. The van der Waals surface area contributed by atoms with Crippen LogP contribution in [0.25, 0.3) is 0 Å². The van der Waals surface area contributed by atoms with Gasteiger partial charge >= 0.3 is 0 Å². The molecule has 0 spiro atoms. The van der Waals surface area contributed by atoms with Crippen LogP contribution in [0.3, 0.4) is 0 Å². The lowest BCUT2D eigenvalue weighted by Crippen LogP contribution is -2.30. The second kappa shape index (κ2) is 6.57. The zero-order chi connectivity index (χ0) is 13.7. The second-order valence-electron chi connectivity index (χ2n) is 5.19. The van der Waals surface area contributed by atoms with Crippen molar-refractivity contribution >= 4 is 11.6 Å². The van der Waals surface area contributed by atoms with E-state index in [9.17, 15) is 4.79 Å². The van der Waals surface area contributed by atoms with E-state index in [1.54, 1.807) is 0 Å². The van der Waals surface area contributed by atoms with Crippen molar-refractivity contribution in [2.45, 2.75) is 26.2 Å². The smallest absolute Gasteiger partial charge is 0.251 e. The molecule has 0 saturated heterocycles. The predicted molar refractivity (Wildman–Crippen MR) is 76.5 cm³/mol. The Balaban J connectivity index is 2.03. The average molecular weight is 262 g/mol. The van der Waals surface area contributed by atoms with Gasteiger partial charge in [0.25, 0.3) is 5.91 Å². The molecule has 0 aliphatic carbocycles. The van der Waals surface area contributed by atoms with E-state index in [4.69, 9.17) is 5.11 Å². The topological polar surface area (TPSA) is 61.4 Å². The Labute approximate surface area is 114 Å². The molecule has 3 N–H and O–H groups in total. The molecule has 0 bridgehead atoms. The fourth-order valence-corrected chi connectivity index (χ4v) is 2.41. The summed E-state index contributed by atoms with van der Waals surface area (Å²) in [7, 11) is 0. The van der Waals surface area contributed by atoms with Crippen molar-refractivity contribution in [3.05, 3.63) is 29.3 Å². The number of aliphatic hydroxyl groups excluding tert-OH is 1. The Morgan fingerprint density at radius 2 is 2.37 bits per heavy atom. The van der Waals surface area contributed by atoms with Crippen LogP contribution in [-0.4, -0.2) is 30.7 Å². The standard InChI is InChI=1S/C15H22N2O2/c1-11(7-9-18)10-17-15(19)13-4-2-6-14-12(13)5-3-8-16-14/h2,4,6,11,16,18H,3,5,7-10H2,1H3,(H,17,19). The van der Waals surface area contributed by atoms with Gasteiger partial charge in [0.05, 0.1) is 0 Å². The molecule has 0 fully saturated rings. The Morgan fingerprint density at radius 1 is 1.53 bits per heavy atom. The number of carbonyl (C=O) groups excluding carboxylic acids is 1. The molecule has 1 aliphatic heterocycles. The molecule has 0 saturated carbocycles. The first-order valence-electron chi connectivity index (χ1n) is 6.97. The van der Waals surface area contributed by atoms with Crippen molar-refractivity contribution in [2.75, 3.05) is 25.0 Å². The summed E-state index contributed by atoms with van der Waals surface area (Å²) < 4.78 is 0. The molecular formula is C15H22N2O2. The first kappa shape index (κ1) is 13.9. The van der Waals surface area contributed by atoms with E-state index in [0.29, 0.717) is 18.9 Å². The molecule has 0 aromatic heterocycles. The maximum atomic E-state index is 12.2. The Bertz CT molecular complexity index is 446. The van der Waals surface area contributed by atoms with Crippen LogP contribution in [0.4, 0.5) is 5.69 Å². The highest BCUT2D eigenvalue weighted by atomic mass is 16.3. The predicted octanol–water partition coefficient (Wildman–Crippen LogP) is 1.79. The average Bonchev–Trinajstić information content (AvgIpc) is 2.44. The molecule has 1 aromatic carbocycles. The van der Waals surface area contributed by atoms with Gasteiger partial charge in [0.1, 0.15) is 0 Å². The molecule has 1 aliphatic rings. The first-order chi connectivity index (χ1) is 9.22. The van der Waals surface area contributed by atoms with Crippen molar-refractivity contribution in [3.63, 3.8) is 0 Å². The molecule has 4 nitrogen and oxygen atoms in total. The molecule has 0 radical (unpaired) electrons. The van der Waals surface area contributed by atoms with Crippen molar-refractivity contribution in [1.82, 2.24) is 5.32 Å². The Hall–Kier alpha value is -1.55. The molecule has 1 amide bonds. The van der Waals surface area contributed by atoms with Crippen LogP contribution < -0.4 is 10.6 Å². The minimum atomic E-state index is -0.00894. The van der Waals surface area contributed by atoms with E-state index in [1.165, 1.54) is 0 Å². The molecule has 1 heterocycles. The van der Waals surface area contributed by atoms with Gasteiger partial charge < -0.3 is 15.7 Å². The van der Waals surface area contributed by atoms with E-state index in [-0.39, 0.29) is 12.5 Å². The highest BCUT2D eigenvalue weighted by Gasteiger charge is 2.17. The number of hydrogen-bond donors (Lipinski definition) is 3. The zero-order valence-corrected chi connectivity index (χ0v) is 11.4. The number of amides is 1. The van der Waals surface area contributed by atoms with E-state index >= 15 is 0 Å². The van der Waals surface area contributed by atoms with Crippen LogP contribution in [0.2, 0.25) is 0 Å². The van der Waals surface area contributed by atoms with Crippen molar-refractivity contribution in [2.24, 2.45) is 5.92 Å². The molecular weight excluding hydrogens is 240 g/mol. The molecule has 2 rings (SSSR count). The van der Waals surface area contributed by atoms with E-state index in [1.807, 2.05) is 25.1 Å². The third kappa shape index (κ3) is 3.47. The Morgan fingerprint density at radius 3 is 3.16 bits per heavy atom.